The molecule has 2 rings (SSSR count). The van der Waals surface area contributed by atoms with Crippen LogP contribution in [-0.2, 0) is 17.9 Å². The van der Waals surface area contributed by atoms with Crippen molar-refractivity contribution >= 4 is 0 Å². The zero-order valence-electron chi connectivity index (χ0n) is 8.46. The van der Waals surface area contributed by atoms with E-state index in [1.54, 1.807) is 4.68 Å². The molecule has 0 saturated carbocycles. The van der Waals surface area contributed by atoms with Crippen LogP contribution in [0.3, 0.4) is 0 Å². The van der Waals surface area contributed by atoms with Gasteiger partial charge >= 0.3 is 0 Å². The van der Waals surface area contributed by atoms with E-state index < -0.39 is 0 Å². The van der Waals surface area contributed by atoms with E-state index in [1.807, 2.05) is 0 Å². The summed E-state index contributed by atoms with van der Waals surface area (Å²) in [7, 11) is 0. The van der Waals surface area contributed by atoms with Gasteiger partial charge in [-0.1, -0.05) is 5.21 Å². The second kappa shape index (κ2) is 4.69. The van der Waals surface area contributed by atoms with Crippen molar-refractivity contribution in [2.45, 2.75) is 32.1 Å². The Bertz CT molecular complexity index is 320. The monoisotopic (exact) mass is 213 g/mol. The van der Waals surface area contributed by atoms with Gasteiger partial charge in [-0.25, -0.2) is 4.68 Å². The van der Waals surface area contributed by atoms with Crippen molar-refractivity contribution in [2.75, 3.05) is 13.2 Å². The van der Waals surface area contributed by atoms with Crippen molar-refractivity contribution in [3.05, 3.63) is 11.4 Å². The lowest BCUT2D eigenvalue weighted by atomic mass is 10.1. The van der Waals surface area contributed by atoms with Crippen LogP contribution in [0.2, 0.25) is 0 Å². The van der Waals surface area contributed by atoms with E-state index in [2.05, 4.69) is 10.3 Å². The Labute approximate surface area is 87.5 Å². The summed E-state index contributed by atoms with van der Waals surface area (Å²) in [5.41, 5.74) is 1.36. The standard InChI is InChI=1S/C9H15N3O3/c13-4-3-12-9(7(6-14)10-11-12)8-2-1-5-15-8/h8,13-14H,1-6H2. The summed E-state index contributed by atoms with van der Waals surface area (Å²) in [5.74, 6) is 0. The van der Waals surface area contributed by atoms with Crippen LogP contribution < -0.4 is 0 Å². The molecule has 1 saturated heterocycles. The molecule has 6 nitrogen and oxygen atoms in total. The van der Waals surface area contributed by atoms with Crippen molar-refractivity contribution in [2.24, 2.45) is 0 Å². The Kier molecular flexibility index (Phi) is 3.30. The first-order valence-corrected chi connectivity index (χ1v) is 5.12. The summed E-state index contributed by atoms with van der Waals surface area (Å²) < 4.78 is 7.15. The van der Waals surface area contributed by atoms with Gasteiger partial charge in [0.25, 0.3) is 0 Å². The van der Waals surface area contributed by atoms with Crippen LogP contribution in [-0.4, -0.2) is 38.4 Å². The average molecular weight is 213 g/mol. The van der Waals surface area contributed by atoms with Gasteiger partial charge in [-0.15, -0.1) is 5.10 Å². The Balaban J connectivity index is 2.27. The van der Waals surface area contributed by atoms with Crippen molar-refractivity contribution in [3.63, 3.8) is 0 Å². The van der Waals surface area contributed by atoms with Gasteiger partial charge in [0.1, 0.15) is 11.8 Å². The molecule has 1 aromatic heterocycles. The van der Waals surface area contributed by atoms with Gasteiger partial charge in [0, 0.05) is 6.61 Å². The van der Waals surface area contributed by atoms with E-state index in [1.165, 1.54) is 0 Å². The zero-order chi connectivity index (χ0) is 10.7. The Morgan fingerprint density at radius 3 is 2.93 bits per heavy atom. The Morgan fingerprint density at radius 1 is 1.47 bits per heavy atom. The molecule has 1 aliphatic heterocycles. The third-order valence-electron chi connectivity index (χ3n) is 2.54. The van der Waals surface area contributed by atoms with Crippen molar-refractivity contribution in [1.29, 1.82) is 0 Å². The Morgan fingerprint density at radius 2 is 2.33 bits per heavy atom. The fourth-order valence-electron chi connectivity index (χ4n) is 1.87. The maximum absolute atomic E-state index is 9.13. The number of aromatic nitrogens is 3. The van der Waals surface area contributed by atoms with Gasteiger partial charge in [0.2, 0.25) is 0 Å². The van der Waals surface area contributed by atoms with Gasteiger partial charge in [-0.2, -0.15) is 0 Å². The lowest BCUT2D eigenvalue weighted by molar-refractivity contribution is 0.101. The van der Waals surface area contributed by atoms with Gasteiger partial charge in [-0.05, 0) is 12.8 Å². The number of rotatable bonds is 4. The normalized spacial score (nSPS) is 21.1. The smallest absolute Gasteiger partial charge is 0.114 e. The number of aliphatic hydroxyl groups is 2. The molecule has 0 amide bonds. The molecule has 0 spiro atoms. The molecule has 0 bridgehead atoms. The lowest BCUT2D eigenvalue weighted by Gasteiger charge is -2.12. The summed E-state index contributed by atoms with van der Waals surface area (Å²) in [6.45, 7) is 0.997. The van der Waals surface area contributed by atoms with E-state index in [-0.39, 0.29) is 19.3 Å². The van der Waals surface area contributed by atoms with Gasteiger partial charge in [-0.3, -0.25) is 0 Å². The summed E-state index contributed by atoms with van der Waals surface area (Å²) >= 11 is 0. The van der Waals surface area contributed by atoms with Crippen LogP contribution in [0, 0.1) is 0 Å². The van der Waals surface area contributed by atoms with Crippen molar-refractivity contribution < 1.29 is 14.9 Å². The zero-order valence-corrected chi connectivity index (χ0v) is 8.46. The molecule has 1 atom stereocenters. The highest BCUT2D eigenvalue weighted by Gasteiger charge is 2.25. The summed E-state index contributed by atoms with van der Waals surface area (Å²) in [6, 6.07) is 0. The van der Waals surface area contributed by atoms with Crippen LogP contribution in [0.5, 0.6) is 0 Å². The van der Waals surface area contributed by atoms with Crippen LogP contribution in [0.4, 0.5) is 0 Å². The van der Waals surface area contributed by atoms with E-state index >= 15 is 0 Å². The summed E-state index contributed by atoms with van der Waals surface area (Å²) in [4.78, 5) is 0. The maximum Gasteiger partial charge on any atom is 0.114 e. The predicted octanol–water partition coefficient (Wildman–Crippen LogP) is -0.386. The summed E-state index contributed by atoms with van der Waals surface area (Å²) in [5, 5.41) is 25.8. The average Bonchev–Trinajstić information content (AvgIpc) is 2.85. The number of hydrogen-bond donors (Lipinski definition) is 2. The molecule has 0 aliphatic carbocycles. The van der Waals surface area contributed by atoms with Crippen LogP contribution in [0.1, 0.15) is 30.3 Å². The Hall–Kier alpha value is -0.980. The molecule has 1 fully saturated rings. The molecular weight excluding hydrogens is 198 g/mol. The first kappa shape index (κ1) is 10.5. The molecule has 15 heavy (non-hydrogen) atoms. The van der Waals surface area contributed by atoms with Crippen LogP contribution >= 0.6 is 0 Å². The highest BCUT2D eigenvalue weighted by atomic mass is 16.5. The van der Waals surface area contributed by atoms with E-state index in [9.17, 15) is 0 Å². The second-order valence-electron chi connectivity index (χ2n) is 3.53. The molecule has 1 aromatic rings. The third-order valence-corrected chi connectivity index (χ3v) is 2.54. The molecule has 6 heteroatoms. The molecule has 2 N–H and O–H groups in total. The van der Waals surface area contributed by atoms with Crippen LogP contribution in [0.25, 0.3) is 0 Å². The minimum atomic E-state index is -0.138. The molecule has 1 aliphatic rings. The topological polar surface area (TPSA) is 80.4 Å². The number of aliphatic hydroxyl groups excluding tert-OH is 2. The minimum Gasteiger partial charge on any atom is -0.394 e. The van der Waals surface area contributed by atoms with E-state index in [0.717, 1.165) is 25.1 Å². The lowest BCUT2D eigenvalue weighted by Crippen LogP contribution is -2.12. The number of hydrogen-bond acceptors (Lipinski definition) is 5. The van der Waals surface area contributed by atoms with Gasteiger partial charge < -0.3 is 14.9 Å². The molecular formula is C9H15N3O3. The second-order valence-corrected chi connectivity index (χ2v) is 3.53. The predicted molar refractivity (Wildman–Crippen MR) is 51.0 cm³/mol. The van der Waals surface area contributed by atoms with Crippen molar-refractivity contribution in [1.82, 2.24) is 15.0 Å². The van der Waals surface area contributed by atoms with Gasteiger partial charge in [0.05, 0.1) is 25.5 Å². The highest BCUT2D eigenvalue weighted by Crippen LogP contribution is 2.29. The SMILES string of the molecule is OCCn1nnc(CO)c1C1CCCO1. The van der Waals surface area contributed by atoms with E-state index in [0.29, 0.717) is 12.2 Å². The summed E-state index contributed by atoms with van der Waals surface area (Å²) in [6.07, 6.45) is 1.90. The molecule has 0 radical (unpaired) electrons. The largest absolute Gasteiger partial charge is 0.394 e. The van der Waals surface area contributed by atoms with Gasteiger partial charge in [0.15, 0.2) is 0 Å². The first-order valence-electron chi connectivity index (χ1n) is 5.12. The highest BCUT2D eigenvalue weighted by molar-refractivity contribution is 5.13. The third kappa shape index (κ3) is 2.01. The first-order chi connectivity index (χ1) is 7.36. The number of ether oxygens (including phenoxy) is 1. The molecule has 2 heterocycles. The van der Waals surface area contributed by atoms with E-state index in [4.69, 9.17) is 14.9 Å². The molecule has 0 aromatic carbocycles. The number of nitrogens with zero attached hydrogens (tertiary/aromatic N) is 3. The quantitative estimate of drug-likeness (QED) is 0.712. The minimum absolute atomic E-state index is 0.00789. The maximum atomic E-state index is 9.13. The van der Waals surface area contributed by atoms with Crippen LogP contribution in [0.15, 0.2) is 0 Å². The fourth-order valence-corrected chi connectivity index (χ4v) is 1.87. The van der Waals surface area contributed by atoms with Crippen molar-refractivity contribution in [3.8, 4) is 0 Å². The fraction of sp³-hybridized carbons (Fsp3) is 0.778. The molecule has 84 valence electrons. The molecule has 1 unspecified atom stereocenters.